The fourth-order valence-electron chi connectivity index (χ4n) is 1.16. The molecule has 1 aliphatic rings. The largest absolute Gasteiger partial charge is 0.377 e. The van der Waals surface area contributed by atoms with E-state index in [0.29, 0.717) is 46.2 Å². The maximum Gasteiger partial charge on any atom is 0.160 e. The summed E-state index contributed by atoms with van der Waals surface area (Å²) in [6, 6.07) is 0. The lowest BCUT2D eigenvalue weighted by atomic mass is 10.3. The summed E-state index contributed by atoms with van der Waals surface area (Å²) in [4.78, 5) is 11.1. The topological polar surface area (TPSA) is 54.0 Å². The van der Waals surface area contributed by atoms with Crippen LogP contribution in [0, 0.1) is 0 Å². The number of carbonyl (C=O) groups excluding carboxylic acids is 1. The quantitative estimate of drug-likeness (QED) is 0.621. The van der Waals surface area contributed by atoms with Crippen molar-refractivity contribution in [2.45, 2.75) is 13.0 Å². The Morgan fingerprint density at radius 3 is 2.07 bits per heavy atom. The Bertz CT molecular complexity index is 171. The SMILES string of the molecule is CC(=O)C1COCCOCCOCCO1. The van der Waals surface area contributed by atoms with Crippen LogP contribution in [0.2, 0.25) is 0 Å². The van der Waals surface area contributed by atoms with Gasteiger partial charge in [-0.2, -0.15) is 0 Å². The van der Waals surface area contributed by atoms with Gasteiger partial charge in [0, 0.05) is 0 Å². The van der Waals surface area contributed by atoms with Gasteiger partial charge in [-0.25, -0.2) is 0 Å². The predicted octanol–water partition coefficient (Wildman–Crippen LogP) is 0.0240. The average Bonchev–Trinajstić information content (AvgIpc) is 2.18. The number of rotatable bonds is 1. The van der Waals surface area contributed by atoms with E-state index in [2.05, 4.69) is 0 Å². The van der Waals surface area contributed by atoms with Crippen LogP contribution < -0.4 is 0 Å². The van der Waals surface area contributed by atoms with Crippen LogP contribution in [0.25, 0.3) is 0 Å². The first-order valence-electron chi connectivity index (χ1n) is 5.16. The van der Waals surface area contributed by atoms with Gasteiger partial charge in [-0.15, -0.1) is 0 Å². The maximum atomic E-state index is 11.1. The zero-order valence-electron chi connectivity index (χ0n) is 9.07. The fourth-order valence-corrected chi connectivity index (χ4v) is 1.16. The second kappa shape index (κ2) is 7.76. The minimum Gasteiger partial charge on any atom is -0.377 e. The van der Waals surface area contributed by atoms with Gasteiger partial charge in [0.2, 0.25) is 0 Å². The highest BCUT2D eigenvalue weighted by atomic mass is 16.6. The first-order chi connectivity index (χ1) is 7.30. The molecule has 1 heterocycles. The zero-order chi connectivity index (χ0) is 10.9. The third kappa shape index (κ3) is 5.84. The number of Topliss-reactive ketones (excluding diaryl/α,β-unsaturated/α-hetero) is 1. The Labute approximate surface area is 89.6 Å². The predicted molar refractivity (Wildman–Crippen MR) is 52.9 cm³/mol. The van der Waals surface area contributed by atoms with Crippen LogP contribution in [0.1, 0.15) is 6.92 Å². The van der Waals surface area contributed by atoms with Gasteiger partial charge in [0.15, 0.2) is 5.78 Å². The van der Waals surface area contributed by atoms with Gasteiger partial charge in [-0.3, -0.25) is 4.79 Å². The molecule has 1 atom stereocenters. The summed E-state index contributed by atoms with van der Waals surface area (Å²) in [7, 11) is 0. The second-order valence-electron chi connectivity index (χ2n) is 3.27. The highest BCUT2D eigenvalue weighted by molar-refractivity contribution is 5.80. The minimum atomic E-state index is -0.479. The first-order valence-corrected chi connectivity index (χ1v) is 5.16. The fraction of sp³-hybridized carbons (Fsp3) is 0.900. The lowest BCUT2D eigenvalue weighted by Crippen LogP contribution is -2.30. The molecule has 5 nitrogen and oxygen atoms in total. The Balaban J connectivity index is 2.28. The van der Waals surface area contributed by atoms with Crippen LogP contribution in [-0.2, 0) is 23.7 Å². The summed E-state index contributed by atoms with van der Waals surface area (Å²) in [5.74, 6) is -0.0204. The lowest BCUT2D eigenvalue weighted by molar-refractivity contribution is -0.135. The van der Waals surface area contributed by atoms with Gasteiger partial charge in [-0.1, -0.05) is 0 Å². The molecule has 0 saturated carbocycles. The second-order valence-corrected chi connectivity index (χ2v) is 3.27. The standard InChI is InChI=1S/C10H18O5/c1-9(11)10-8-14-5-4-12-2-3-13-6-7-15-10/h10H,2-8H2,1H3. The van der Waals surface area contributed by atoms with Gasteiger partial charge < -0.3 is 18.9 Å². The molecule has 0 amide bonds. The number of ether oxygens (including phenoxy) is 4. The summed E-state index contributed by atoms with van der Waals surface area (Å²) >= 11 is 0. The van der Waals surface area contributed by atoms with E-state index in [1.807, 2.05) is 0 Å². The molecule has 0 spiro atoms. The summed E-state index contributed by atoms with van der Waals surface area (Å²) < 4.78 is 21.1. The van der Waals surface area contributed by atoms with Crippen LogP contribution in [0.5, 0.6) is 0 Å². The summed E-state index contributed by atoms with van der Waals surface area (Å²) in [6.07, 6.45) is -0.479. The molecule has 0 N–H and O–H groups in total. The number of ketones is 1. The van der Waals surface area contributed by atoms with Crippen molar-refractivity contribution in [3.8, 4) is 0 Å². The van der Waals surface area contributed by atoms with Crippen LogP contribution >= 0.6 is 0 Å². The first kappa shape index (κ1) is 12.6. The van der Waals surface area contributed by atoms with Gasteiger partial charge >= 0.3 is 0 Å². The molecule has 1 aliphatic heterocycles. The molecule has 0 radical (unpaired) electrons. The monoisotopic (exact) mass is 218 g/mol. The van der Waals surface area contributed by atoms with E-state index >= 15 is 0 Å². The van der Waals surface area contributed by atoms with Crippen molar-refractivity contribution >= 4 is 5.78 Å². The summed E-state index contributed by atoms with van der Waals surface area (Å²) in [5, 5.41) is 0. The van der Waals surface area contributed by atoms with Crippen molar-refractivity contribution in [3.63, 3.8) is 0 Å². The molecule has 0 aromatic heterocycles. The highest BCUT2D eigenvalue weighted by Gasteiger charge is 2.14. The van der Waals surface area contributed by atoms with E-state index in [0.717, 1.165) is 0 Å². The molecule has 0 aromatic rings. The third-order valence-electron chi connectivity index (χ3n) is 2.01. The number of hydrogen-bond donors (Lipinski definition) is 0. The van der Waals surface area contributed by atoms with E-state index in [1.54, 1.807) is 0 Å². The van der Waals surface area contributed by atoms with Crippen LogP contribution in [-0.4, -0.2) is 58.1 Å². The molecular weight excluding hydrogens is 200 g/mol. The lowest BCUT2D eigenvalue weighted by Gasteiger charge is -2.16. The minimum absolute atomic E-state index is 0.0204. The molecule has 1 unspecified atom stereocenters. The van der Waals surface area contributed by atoms with Crippen molar-refractivity contribution in [2.75, 3.05) is 46.2 Å². The maximum absolute atomic E-state index is 11.1. The number of carbonyl (C=O) groups is 1. The van der Waals surface area contributed by atoms with Gasteiger partial charge in [0.25, 0.3) is 0 Å². The molecule has 88 valence electrons. The third-order valence-corrected chi connectivity index (χ3v) is 2.01. The Kier molecular flexibility index (Phi) is 6.50. The van der Waals surface area contributed by atoms with Crippen molar-refractivity contribution < 1.29 is 23.7 Å². The Morgan fingerprint density at radius 2 is 1.47 bits per heavy atom. The van der Waals surface area contributed by atoms with E-state index in [1.165, 1.54) is 6.92 Å². The van der Waals surface area contributed by atoms with E-state index in [4.69, 9.17) is 18.9 Å². The Hall–Kier alpha value is -0.490. The molecule has 0 aliphatic carbocycles. The van der Waals surface area contributed by atoms with Gasteiger partial charge in [0.05, 0.1) is 46.2 Å². The van der Waals surface area contributed by atoms with E-state index in [9.17, 15) is 4.79 Å². The molecule has 15 heavy (non-hydrogen) atoms. The van der Waals surface area contributed by atoms with Crippen molar-refractivity contribution in [2.24, 2.45) is 0 Å². The van der Waals surface area contributed by atoms with Crippen LogP contribution in [0.3, 0.4) is 0 Å². The van der Waals surface area contributed by atoms with Crippen molar-refractivity contribution in [3.05, 3.63) is 0 Å². The van der Waals surface area contributed by atoms with E-state index in [-0.39, 0.29) is 5.78 Å². The zero-order valence-corrected chi connectivity index (χ0v) is 9.07. The summed E-state index contributed by atoms with van der Waals surface area (Å²) in [5.41, 5.74) is 0. The molecule has 1 saturated heterocycles. The smallest absolute Gasteiger partial charge is 0.160 e. The average molecular weight is 218 g/mol. The van der Waals surface area contributed by atoms with E-state index < -0.39 is 6.10 Å². The normalized spacial score (nSPS) is 26.3. The Morgan fingerprint density at radius 1 is 0.933 bits per heavy atom. The van der Waals surface area contributed by atoms with Gasteiger partial charge in [-0.05, 0) is 6.92 Å². The molecule has 5 heteroatoms. The number of hydrogen-bond acceptors (Lipinski definition) is 5. The van der Waals surface area contributed by atoms with Crippen LogP contribution in [0.4, 0.5) is 0 Å². The molecule has 0 bridgehead atoms. The van der Waals surface area contributed by atoms with Crippen molar-refractivity contribution in [1.82, 2.24) is 0 Å². The van der Waals surface area contributed by atoms with Gasteiger partial charge in [0.1, 0.15) is 6.10 Å². The molecular formula is C10H18O5. The van der Waals surface area contributed by atoms with Crippen LogP contribution in [0.15, 0.2) is 0 Å². The molecule has 0 aromatic carbocycles. The summed E-state index contributed by atoms with van der Waals surface area (Å²) in [6.45, 7) is 4.80. The highest BCUT2D eigenvalue weighted by Crippen LogP contribution is 1.97. The molecule has 1 rings (SSSR count). The van der Waals surface area contributed by atoms with Crippen molar-refractivity contribution in [1.29, 1.82) is 0 Å². The molecule has 1 fully saturated rings.